The van der Waals surface area contributed by atoms with Gasteiger partial charge in [0.15, 0.2) is 0 Å². The molecule has 0 spiro atoms. The van der Waals surface area contributed by atoms with Gasteiger partial charge in [0.2, 0.25) is 0 Å². The van der Waals surface area contributed by atoms with Gasteiger partial charge in [-0.05, 0) is 40.2 Å². The van der Waals surface area contributed by atoms with E-state index in [9.17, 15) is 0 Å². The van der Waals surface area contributed by atoms with Crippen molar-refractivity contribution >= 4 is 17.7 Å². The van der Waals surface area contributed by atoms with E-state index in [2.05, 4.69) is 21.4 Å². The third kappa shape index (κ3) is 4.89. The molecule has 0 unspecified atom stereocenters. The molecular formula is C12H21ClN4. The normalized spacial score (nSPS) is 11.8. The van der Waals surface area contributed by atoms with Crippen LogP contribution in [0.1, 0.15) is 12.1 Å². The largest absolute Gasteiger partial charge is 0.319 e. The summed E-state index contributed by atoms with van der Waals surface area (Å²) >= 11 is 6.11. The number of hydrogen-bond donors (Lipinski definition) is 1. The zero-order valence-corrected chi connectivity index (χ0v) is 11.5. The van der Waals surface area contributed by atoms with Crippen LogP contribution in [0, 0.1) is 0 Å². The van der Waals surface area contributed by atoms with Crippen molar-refractivity contribution in [2.24, 2.45) is 0 Å². The number of rotatable bonds is 7. The van der Waals surface area contributed by atoms with E-state index in [0.717, 1.165) is 31.7 Å². The highest BCUT2D eigenvalue weighted by atomic mass is 35.5. The molecule has 0 aliphatic heterocycles. The van der Waals surface area contributed by atoms with Crippen LogP contribution in [0.3, 0.4) is 0 Å². The quantitative estimate of drug-likeness (QED) is 0.755. The summed E-state index contributed by atoms with van der Waals surface area (Å²) in [6, 6.07) is 0. The Hall–Kier alpha value is -0.840. The van der Waals surface area contributed by atoms with E-state index < -0.39 is 0 Å². The van der Waals surface area contributed by atoms with E-state index in [-0.39, 0.29) is 0 Å². The Labute approximate surface area is 108 Å². The standard InChI is InChI=1S/C12H21ClN4/c1-14-7-5-4-6-12-11(13)10-15-17(12)9-8-16(2)3/h4,6,10,14H,5,7-9H2,1-3H3/b6-4+. The number of aromatic nitrogens is 2. The van der Waals surface area contributed by atoms with Crippen LogP contribution in [-0.4, -0.2) is 48.9 Å². The highest BCUT2D eigenvalue weighted by molar-refractivity contribution is 6.31. The second-order valence-corrected chi connectivity index (χ2v) is 4.61. The van der Waals surface area contributed by atoms with Gasteiger partial charge in [-0.2, -0.15) is 5.10 Å². The zero-order valence-electron chi connectivity index (χ0n) is 10.8. The molecule has 0 aromatic carbocycles. The van der Waals surface area contributed by atoms with Crippen molar-refractivity contribution in [2.45, 2.75) is 13.0 Å². The van der Waals surface area contributed by atoms with Gasteiger partial charge in [0.1, 0.15) is 0 Å². The SMILES string of the molecule is CNCC/C=C/c1c(Cl)cnn1CCN(C)C. The number of hydrogen-bond acceptors (Lipinski definition) is 3. The van der Waals surface area contributed by atoms with Gasteiger partial charge in [-0.1, -0.05) is 17.7 Å². The minimum atomic E-state index is 0.712. The third-order valence-corrected chi connectivity index (χ3v) is 2.72. The van der Waals surface area contributed by atoms with Crippen LogP contribution in [0.15, 0.2) is 12.3 Å². The third-order valence-electron chi connectivity index (χ3n) is 2.43. The van der Waals surface area contributed by atoms with Crippen LogP contribution in [0.25, 0.3) is 6.08 Å². The van der Waals surface area contributed by atoms with Gasteiger partial charge in [0.05, 0.1) is 23.5 Å². The van der Waals surface area contributed by atoms with Crippen LogP contribution < -0.4 is 5.32 Å². The maximum atomic E-state index is 6.11. The molecule has 1 aromatic rings. The first-order chi connectivity index (χ1) is 8.15. The highest BCUT2D eigenvalue weighted by Crippen LogP contribution is 2.16. The van der Waals surface area contributed by atoms with E-state index in [1.807, 2.05) is 31.9 Å². The molecule has 1 rings (SSSR count). The lowest BCUT2D eigenvalue weighted by molar-refractivity contribution is 0.372. The summed E-state index contributed by atoms with van der Waals surface area (Å²) in [5, 5.41) is 8.09. The Morgan fingerprint density at radius 2 is 2.29 bits per heavy atom. The summed E-state index contributed by atoms with van der Waals surface area (Å²) in [6.45, 7) is 2.78. The van der Waals surface area contributed by atoms with Crippen LogP contribution >= 0.6 is 11.6 Å². The predicted octanol–water partition coefficient (Wildman–Crippen LogP) is 1.72. The first-order valence-corrected chi connectivity index (χ1v) is 6.20. The molecule has 0 saturated carbocycles. The van der Waals surface area contributed by atoms with Gasteiger partial charge >= 0.3 is 0 Å². The first-order valence-electron chi connectivity index (χ1n) is 5.82. The van der Waals surface area contributed by atoms with Gasteiger partial charge in [0, 0.05) is 6.54 Å². The smallest absolute Gasteiger partial charge is 0.0859 e. The molecule has 96 valence electrons. The van der Waals surface area contributed by atoms with Gasteiger partial charge in [-0.15, -0.1) is 0 Å². The number of nitrogens with zero attached hydrogens (tertiary/aromatic N) is 3. The van der Waals surface area contributed by atoms with E-state index in [1.165, 1.54) is 0 Å². The molecule has 0 bridgehead atoms. The molecule has 0 fully saturated rings. The van der Waals surface area contributed by atoms with Gasteiger partial charge in [-0.3, -0.25) is 4.68 Å². The lowest BCUT2D eigenvalue weighted by atomic mass is 10.3. The van der Waals surface area contributed by atoms with E-state index in [1.54, 1.807) is 6.20 Å². The second-order valence-electron chi connectivity index (χ2n) is 4.20. The van der Waals surface area contributed by atoms with Gasteiger partial charge < -0.3 is 10.2 Å². The molecule has 0 radical (unpaired) electrons. The fourth-order valence-corrected chi connectivity index (χ4v) is 1.64. The Balaban J connectivity index is 2.62. The molecule has 0 amide bonds. The van der Waals surface area contributed by atoms with Gasteiger partial charge in [0.25, 0.3) is 0 Å². The summed E-state index contributed by atoms with van der Waals surface area (Å²) in [5.74, 6) is 0. The monoisotopic (exact) mass is 256 g/mol. The Kier molecular flexibility index (Phi) is 6.26. The molecule has 0 atom stereocenters. The van der Waals surface area contributed by atoms with Crippen molar-refractivity contribution in [2.75, 3.05) is 34.2 Å². The van der Waals surface area contributed by atoms with E-state index in [0.29, 0.717) is 5.02 Å². The fraction of sp³-hybridized carbons (Fsp3) is 0.583. The van der Waals surface area contributed by atoms with Crippen molar-refractivity contribution in [3.8, 4) is 0 Å². The van der Waals surface area contributed by atoms with Crippen LogP contribution in [0.2, 0.25) is 5.02 Å². The molecule has 0 saturated heterocycles. The average molecular weight is 257 g/mol. The van der Waals surface area contributed by atoms with Crippen LogP contribution in [0.4, 0.5) is 0 Å². The molecule has 4 nitrogen and oxygen atoms in total. The van der Waals surface area contributed by atoms with Crippen molar-refractivity contribution in [1.82, 2.24) is 20.0 Å². The fourth-order valence-electron chi connectivity index (χ4n) is 1.43. The lowest BCUT2D eigenvalue weighted by Gasteiger charge is -2.10. The summed E-state index contributed by atoms with van der Waals surface area (Å²) in [7, 11) is 6.04. The summed E-state index contributed by atoms with van der Waals surface area (Å²) < 4.78 is 1.94. The average Bonchev–Trinajstić information content (AvgIpc) is 2.63. The molecule has 1 N–H and O–H groups in total. The summed E-state index contributed by atoms with van der Waals surface area (Å²) in [6.07, 6.45) is 6.86. The Morgan fingerprint density at radius 1 is 1.53 bits per heavy atom. The molecule has 17 heavy (non-hydrogen) atoms. The maximum absolute atomic E-state index is 6.11. The maximum Gasteiger partial charge on any atom is 0.0859 e. The predicted molar refractivity (Wildman–Crippen MR) is 73.4 cm³/mol. The molecular weight excluding hydrogens is 236 g/mol. The molecule has 5 heteroatoms. The topological polar surface area (TPSA) is 33.1 Å². The lowest BCUT2D eigenvalue weighted by Crippen LogP contribution is -2.19. The minimum Gasteiger partial charge on any atom is -0.319 e. The van der Waals surface area contributed by atoms with Crippen LogP contribution in [-0.2, 0) is 6.54 Å². The Morgan fingerprint density at radius 3 is 2.94 bits per heavy atom. The van der Waals surface area contributed by atoms with E-state index in [4.69, 9.17) is 11.6 Å². The summed E-state index contributed by atoms with van der Waals surface area (Å²) in [4.78, 5) is 2.13. The second kappa shape index (κ2) is 7.48. The van der Waals surface area contributed by atoms with Crippen LogP contribution in [0.5, 0.6) is 0 Å². The zero-order chi connectivity index (χ0) is 12.7. The van der Waals surface area contributed by atoms with Crippen molar-refractivity contribution in [3.63, 3.8) is 0 Å². The van der Waals surface area contributed by atoms with Crippen molar-refractivity contribution in [3.05, 3.63) is 23.0 Å². The number of nitrogens with one attached hydrogen (secondary N) is 1. The molecule has 0 aliphatic rings. The Bertz CT molecular complexity index is 357. The van der Waals surface area contributed by atoms with Gasteiger partial charge in [-0.25, -0.2) is 0 Å². The number of halogens is 1. The number of likely N-dealkylation sites (N-methyl/N-ethyl adjacent to an activating group) is 1. The molecule has 1 heterocycles. The summed E-state index contributed by atoms with van der Waals surface area (Å²) in [5.41, 5.74) is 0.990. The molecule has 1 aromatic heterocycles. The first kappa shape index (κ1) is 14.2. The minimum absolute atomic E-state index is 0.712. The highest BCUT2D eigenvalue weighted by Gasteiger charge is 2.05. The molecule has 0 aliphatic carbocycles. The van der Waals surface area contributed by atoms with Crippen molar-refractivity contribution in [1.29, 1.82) is 0 Å². The van der Waals surface area contributed by atoms with Crippen molar-refractivity contribution < 1.29 is 0 Å². The van der Waals surface area contributed by atoms with E-state index >= 15 is 0 Å².